The molecule has 0 radical (unpaired) electrons. The molecule has 2 rings (SSSR count). The van der Waals surface area contributed by atoms with Crippen molar-refractivity contribution in [3.05, 3.63) is 16.5 Å². The predicted octanol–water partition coefficient (Wildman–Crippen LogP) is 2.01. The molecule has 0 bridgehead atoms. The molecule has 0 saturated carbocycles. The maximum absolute atomic E-state index is 13.9. The summed E-state index contributed by atoms with van der Waals surface area (Å²) >= 11 is 3.13. The second-order valence-electron chi connectivity index (χ2n) is 4.88. The van der Waals surface area contributed by atoms with E-state index in [1.54, 1.807) is 13.2 Å². The van der Waals surface area contributed by atoms with Crippen LogP contribution in [0.5, 0.6) is 5.75 Å². The summed E-state index contributed by atoms with van der Waals surface area (Å²) in [6.07, 6.45) is 0.659. The van der Waals surface area contributed by atoms with E-state index in [-0.39, 0.29) is 16.4 Å². The van der Waals surface area contributed by atoms with Gasteiger partial charge in [-0.05, 0) is 22.4 Å². The van der Waals surface area contributed by atoms with E-state index in [4.69, 9.17) is 14.2 Å². The van der Waals surface area contributed by atoms with Crippen LogP contribution in [0.2, 0.25) is 0 Å². The van der Waals surface area contributed by atoms with Gasteiger partial charge in [-0.25, -0.2) is 4.98 Å². The second-order valence-corrected chi connectivity index (χ2v) is 5.67. The second kappa shape index (κ2) is 7.73. The lowest BCUT2D eigenvalue weighted by atomic mass is 10.1. The van der Waals surface area contributed by atoms with Crippen LogP contribution < -0.4 is 9.64 Å². The SMILES string of the molecule is COCCOc1cc(N2CC[C@H](C(=O)OC)C2)nc(F)c1Br. The van der Waals surface area contributed by atoms with Crippen molar-refractivity contribution < 1.29 is 23.4 Å². The highest BCUT2D eigenvalue weighted by atomic mass is 79.9. The summed E-state index contributed by atoms with van der Waals surface area (Å²) in [5, 5.41) is 0. The molecule has 0 spiro atoms. The molecular weight excluding hydrogens is 359 g/mol. The van der Waals surface area contributed by atoms with Crippen molar-refractivity contribution in [2.45, 2.75) is 6.42 Å². The number of rotatable bonds is 6. The molecule has 0 aliphatic carbocycles. The number of carbonyl (C=O) groups is 1. The number of nitrogens with zero attached hydrogens (tertiary/aromatic N) is 2. The minimum Gasteiger partial charge on any atom is -0.490 e. The Morgan fingerprint density at radius 2 is 2.27 bits per heavy atom. The van der Waals surface area contributed by atoms with Crippen molar-refractivity contribution >= 4 is 27.7 Å². The number of esters is 1. The van der Waals surface area contributed by atoms with Crippen LogP contribution in [0.1, 0.15) is 6.42 Å². The summed E-state index contributed by atoms with van der Waals surface area (Å²) in [5.41, 5.74) is 0. The Morgan fingerprint density at radius 1 is 1.50 bits per heavy atom. The summed E-state index contributed by atoms with van der Waals surface area (Å²) in [6.45, 7) is 1.78. The molecular formula is C14H18BrFN2O4. The van der Waals surface area contributed by atoms with Crippen LogP contribution in [0, 0.1) is 11.9 Å². The van der Waals surface area contributed by atoms with E-state index in [1.807, 2.05) is 4.90 Å². The molecule has 1 aromatic rings. The Labute approximate surface area is 136 Å². The smallest absolute Gasteiger partial charge is 0.310 e. The van der Waals surface area contributed by atoms with Gasteiger partial charge in [0.1, 0.15) is 22.6 Å². The van der Waals surface area contributed by atoms with Gasteiger partial charge in [0, 0.05) is 26.3 Å². The van der Waals surface area contributed by atoms with Gasteiger partial charge in [0.25, 0.3) is 0 Å². The summed E-state index contributed by atoms with van der Waals surface area (Å²) in [5.74, 6) is -0.306. The Kier molecular flexibility index (Phi) is 5.96. The molecule has 1 atom stereocenters. The minimum atomic E-state index is -0.647. The third-order valence-corrected chi connectivity index (χ3v) is 4.18. The molecule has 0 N–H and O–H groups in total. The predicted molar refractivity (Wildman–Crippen MR) is 81.6 cm³/mol. The van der Waals surface area contributed by atoms with Crippen molar-refractivity contribution in [3.63, 3.8) is 0 Å². The number of halogens is 2. The Balaban J connectivity index is 2.13. The molecule has 6 nitrogen and oxygen atoms in total. The average Bonchev–Trinajstić information content (AvgIpc) is 3.00. The normalized spacial score (nSPS) is 17.6. The minimum absolute atomic E-state index is 0.177. The van der Waals surface area contributed by atoms with E-state index >= 15 is 0 Å². The number of methoxy groups -OCH3 is 2. The molecule has 1 aromatic heterocycles. The van der Waals surface area contributed by atoms with Crippen LogP contribution in [-0.4, -0.2) is 51.5 Å². The zero-order valence-electron chi connectivity index (χ0n) is 12.5. The van der Waals surface area contributed by atoms with E-state index in [9.17, 15) is 9.18 Å². The fourth-order valence-electron chi connectivity index (χ4n) is 2.29. The lowest BCUT2D eigenvalue weighted by molar-refractivity contribution is -0.144. The fraction of sp³-hybridized carbons (Fsp3) is 0.571. The van der Waals surface area contributed by atoms with Gasteiger partial charge in [0.15, 0.2) is 0 Å². The third kappa shape index (κ3) is 3.86. The Morgan fingerprint density at radius 3 is 2.95 bits per heavy atom. The van der Waals surface area contributed by atoms with Crippen molar-refractivity contribution in [1.82, 2.24) is 4.98 Å². The first-order valence-corrected chi connectivity index (χ1v) is 7.66. The van der Waals surface area contributed by atoms with Gasteiger partial charge in [0.2, 0.25) is 5.95 Å². The maximum Gasteiger partial charge on any atom is 0.310 e. The van der Waals surface area contributed by atoms with Gasteiger partial charge in [-0.3, -0.25) is 4.79 Å². The Hall–Kier alpha value is -1.41. The molecule has 1 fully saturated rings. The topological polar surface area (TPSA) is 60.9 Å². The van der Waals surface area contributed by atoms with Crippen LogP contribution in [0.4, 0.5) is 10.2 Å². The average molecular weight is 377 g/mol. The zero-order valence-corrected chi connectivity index (χ0v) is 14.1. The maximum atomic E-state index is 13.9. The van der Waals surface area contributed by atoms with Crippen LogP contribution in [0.25, 0.3) is 0 Å². The van der Waals surface area contributed by atoms with Gasteiger partial charge in [0.05, 0.1) is 19.6 Å². The highest BCUT2D eigenvalue weighted by Gasteiger charge is 2.30. The largest absolute Gasteiger partial charge is 0.490 e. The molecule has 2 heterocycles. The summed E-state index contributed by atoms with van der Waals surface area (Å²) in [6, 6.07) is 1.66. The zero-order chi connectivity index (χ0) is 16.1. The molecule has 0 aromatic carbocycles. The molecule has 0 unspecified atom stereocenters. The van der Waals surface area contributed by atoms with Crippen molar-refractivity contribution in [2.24, 2.45) is 5.92 Å². The van der Waals surface area contributed by atoms with E-state index in [0.29, 0.717) is 44.3 Å². The number of hydrogen-bond donors (Lipinski definition) is 0. The van der Waals surface area contributed by atoms with Gasteiger partial charge < -0.3 is 19.1 Å². The van der Waals surface area contributed by atoms with Gasteiger partial charge in [-0.15, -0.1) is 0 Å². The highest BCUT2D eigenvalue weighted by Crippen LogP contribution is 2.32. The monoisotopic (exact) mass is 376 g/mol. The summed E-state index contributed by atoms with van der Waals surface area (Å²) in [7, 11) is 2.93. The van der Waals surface area contributed by atoms with Crippen LogP contribution in [-0.2, 0) is 14.3 Å². The van der Waals surface area contributed by atoms with Gasteiger partial charge >= 0.3 is 5.97 Å². The number of anilines is 1. The highest BCUT2D eigenvalue weighted by molar-refractivity contribution is 9.10. The molecule has 1 aliphatic rings. The van der Waals surface area contributed by atoms with Gasteiger partial charge in [-0.1, -0.05) is 0 Å². The Bertz CT molecular complexity index is 544. The van der Waals surface area contributed by atoms with Crippen molar-refractivity contribution in [2.75, 3.05) is 45.4 Å². The van der Waals surface area contributed by atoms with E-state index < -0.39 is 5.95 Å². The summed E-state index contributed by atoms with van der Waals surface area (Å²) in [4.78, 5) is 17.3. The first-order valence-electron chi connectivity index (χ1n) is 6.87. The number of aromatic nitrogens is 1. The molecule has 22 heavy (non-hydrogen) atoms. The third-order valence-electron chi connectivity index (χ3n) is 3.46. The van der Waals surface area contributed by atoms with E-state index in [1.165, 1.54) is 7.11 Å². The lowest BCUT2D eigenvalue weighted by Crippen LogP contribution is -2.24. The summed E-state index contributed by atoms with van der Waals surface area (Å²) < 4.78 is 29.2. The molecule has 0 amide bonds. The first kappa shape index (κ1) is 17.0. The van der Waals surface area contributed by atoms with E-state index in [2.05, 4.69) is 20.9 Å². The molecule has 1 aliphatic heterocycles. The lowest BCUT2D eigenvalue weighted by Gasteiger charge is -2.19. The molecule has 8 heteroatoms. The molecule has 122 valence electrons. The van der Waals surface area contributed by atoms with E-state index in [0.717, 1.165) is 0 Å². The standard InChI is InChI=1S/C14H18BrFN2O4/c1-20-5-6-22-10-7-11(17-13(16)12(10)15)18-4-3-9(8-18)14(19)21-2/h7,9H,3-6,8H2,1-2H3/t9-/m0/s1. The van der Waals surface area contributed by atoms with Crippen molar-refractivity contribution in [3.8, 4) is 5.75 Å². The quantitative estimate of drug-likeness (QED) is 0.430. The number of carbonyl (C=O) groups excluding carboxylic acids is 1. The van der Waals surface area contributed by atoms with Gasteiger partial charge in [-0.2, -0.15) is 4.39 Å². The number of pyridine rings is 1. The first-order chi connectivity index (χ1) is 10.6. The fourth-order valence-corrected chi connectivity index (χ4v) is 2.61. The van der Waals surface area contributed by atoms with Crippen molar-refractivity contribution in [1.29, 1.82) is 0 Å². The number of ether oxygens (including phenoxy) is 3. The number of hydrogen-bond acceptors (Lipinski definition) is 6. The van der Waals surface area contributed by atoms with Crippen LogP contribution >= 0.6 is 15.9 Å². The van der Waals surface area contributed by atoms with Crippen LogP contribution in [0.15, 0.2) is 10.5 Å². The van der Waals surface area contributed by atoms with Crippen LogP contribution in [0.3, 0.4) is 0 Å². The molecule has 1 saturated heterocycles.